The first-order valence-corrected chi connectivity index (χ1v) is 12.8. The minimum atomic E-state index is -1.23. The van der Waals surface area contributed by atoms with Crippen molar-refractivity contribution in [1.29, 1.82) is 0 Å². The van der Waals surface area contributed by atoms with Gasteiger partial charge in [0, 0.05) is 29.8 Å². The molecule has 7 nitrogen and oxygen atoms in total. The van der Waals surface area contributed by atoms with E-state index in [0.29, 0.717) is 35.9 Å². The molecule has 2 aromatic rings. The molecule has 2 amide bonds. The van der Waals surface area contributed by atoms with Gasteiger partial charge >= 0.3 is 0 Å². The molecule has 0 bridgehead atoms. The van der Waals surface area contributed by atoms with E-state index < -0.39 is 5.54 Å². The monoisotopic (exact) mass is 492 g/mol. The fourth-order valence-corrected chi connectivity index (χ4v) is 6.25. The van der Waals surface area contributed by atoms with Crippen LogP contribution in [-0.2, 0) is 10.3 Å². The summed E-state index contributed by atoms with van der Waals surface area (Å²) in [5, 5.41) is 7.79. The molecule has 2 aliphatic carbocycles. The van der Waals surface area contributed by atoms with Crippen LogP contribution in [0.4, 0.5) is 0 Å². The van der Waals surface area contributed by atoms with Crippen molar-refractivity contribution in [2.45, 2.75) is 56.4 Å². The Labute approximate surface area is 209 Å². The number of ether oxygens (including phenoxy) is 1. The molecule has 0 saturated heterocycles. The van der Waals surface area contributed by atoms with Gasteiger partial charge in [-0.2, -0.15) is 5.10 Å². The number of rotatable bonds is 5. The van der Waals surface area contributed by atoms with Crippen molar-refractivity contribution in [3.8, 4) is 11.4 Å². The summed E-state index contributed by atoms with van der Waals surface area (Å²) >= 11 is 6.42. The lowest BCUT2D eigenvalue weighted by Gasteiger charge is -2.40. The van der Waals surface area contributed by atoms with Gasteiger partial charge in [-0.1, -0.05) is 44.6 Å². The second-order valence-corrected chi connectivity index (χ2v) is 10.8. The zero-order valence-electron chi connectivity index (χ0n) is 20.2. The number of nitrogens with zero attached hydrogens (tertiary/aromatic N) is 3. The lowest BCUT2D eigenvalue weighted by molar-refractivity contribution is -0.128. The molecular formula is C27H29ClN4O3. The summed E-state index contributed by atoms with van der Waals surface area (Å²) in [6.07, 6.45) is 7.70. The van der Waals surface area contributed by atoms with Crippen LogP contribution in [0.3, 0.4) is 0 Å². The molecule has 6 rings (SSSR count). The number of nitrogens with one attached hydrogen (secondary N) is 1. The van der Waals surface area contributed by atoms with Crippen LogP contribution >= 0.6 is 11.6 Å². The highest BCUT2D eigenvalue weighted by Crippen LogP contribution is 2.54. The van der Waals surface area contributed by atoms with Crippen molar-refractivity contribution in [3.05, 3.63) is 64.6 Å². The van der Waals surface area contributed by atoms with Gasteiger partial charge in [0.1, 0.15) is 11.4 Å². The highest BCUT2D eigenvalue weighted by atomic mass is 35.5. The standard InChI is InChI=1S/C27H29ClN4O3/c1-15(2)24-22-23(30-32(24)20-9-4-5-10-21(20)35-3)25(33)31(14-16-7-6-8-16)27(22)18-12-11-17(28)13-19(18)29-26(27)34/h4-5,9-12,15-17H,6-8,13-14H2,1-3H3,(H,29,34). The second kappa shape index (κ2) is 7.98. The second-order valence-electron chi connectivity index (χ2n) is 10.2. The maximum Gasteiger partial charge on any atom is 0.276 e. The average Bonchev–Trinajstić information content (AvgIpc) is 3.40. The number of allylic oxidation sites excluding steroid dienone is 2. The number of carbonyl (C=O) groups excluding carboxylic acids is 2. The molecule has 1 N–H and O–H groups in total. The Morgan fingerprint density at radius 2 is 2.03 bits per heavy atom. The third-order valence-electron chi connectivity index (χ3n) is 7.84. The zero-order valence-corrected chi connectivity index (χ0v) is 20.9. The zero-order chi connectivity index (χ0) is 24.5. The molecule has 3 heterocycles. The number of benzene rings is 1. The molecule has 8 heteroatoms. The van der Waals surface area contributed by atoms with E-state index >= 15 is 0 Å². The molecule has 2 aliphatic heterocycles. The smallest absolute Gasteiger partial charge is 0.276 e. The van der Waals surface area contributed by atoms with Gasteiger partial charge in [0.25, 0.3) is 11.8 Å². The molecule has 35 heavy (non-hydrogen) atoms. The van der Waals surface area contributed by atoms with E-state index in [0.717, 1.165) is 41.9 Å². The summed E-state index contributed by atoms with van der Waals surface area (Å²) in [4.78, 5) is 29.9. The van der Waals surface area contributed by atoms with E-state index in [-0.39, 0.29) is 23.1 Å². The highest BCUT2D eigenvalue weighted by molar-refractivity contribution is 6.22. The van der Waals surface area contributed by atoms with Crippen LogP contribution in [0.15, 0.2) is 47.7 Å². The Bertz CT molecular complexity index is 1310. The van der Waals surface area contributed by atoms with Crippen molar-refractivity contribution in [2.24, 2.45) is 5.92 Å². The summed E-state index contributed by atoms with van der Waals surface area (Å²) in [5.74, 6) is 0.671. The fourth-order valence-electron chi connectivity index (χ4n) is 6.03. The van der Waals surface area contributed by atoms with E-state index in [1.807, 2.05) is 36.4 Å². The average molecular weight is 493 g/mol. The lowest BCUT2D eigenvalue weighted by Crippen LogP contribution is -2.53. The first kappa shape index (κ1) is 22.4. The van der Waals surface area contributed by atoms with Crippen LogP contribution in [-0.4, -0.2) is 45.5 Å². The largest absolute Gasteiger partial charge is 0.494 e. The van der Waals surface area contributed by atoms with E-state index in [2.05, 4.69) is 19.2 Å². The lowest BCUT2D eigenvalue weighted by atomic mass is 9.78. The van der Waals surface area contributed by atoms with Crippen LogP contribution in [0, 0.1) is 5.92 Å². The maximum absolute atomic E-state index is 14.1. The number of methoxy groups -OCH3 is 1. The molecule has 0 radical (unpaired) electrons. The molecular weight excluding hydrogens is 464 g/mol. The summed E-state index contributed by atoms with van der Waals surface area (Å²) < 4.78 is 7.43. The van der Waals surface area contributed by atoms with Gasteiger partial charge in [-0.25, -0.2) is 4.68 Å². The Kier molecular flexibility index (Phi) is 5.11. The molecule has 1 aromatic carbocycles. The Balaban J connectivity index is 1.63. The summed E-state index contributed by atoms with van der Waals surface area (Å²) in [6, 6.07) is 7.62. The third-order valence-corrected chi connectivity index (χ3v) is 8.14. The maximum atomic E-state index is 14.1. The molecule has 4 aliphatic rings. The van der Waals surface area contributed by atoms with Gasteiger partial charge < -0.3 is 15.0 Å². The Morgan fingerprint density at radius 1 is 1.26 bits per heavy atom. The van der Waals surface area contributed by atoms with E-state index in [1.54, 1.807) is 16.7 Å². The SMILES string of the molecule is COc1ccccc1-n1nc2c(c1C(C)C)C1(C(=O)NC3=C1C=CC(Cl)C3)N(CC1CCC1)C2=O. The van der Waals surface area contributed by atoms with Gasteiger partial charge in [0.2, 0.25) is 0 Å². The molecule has 1 spiro atoms. The number of amides is 2. The molecule has 1 saturated carbocycles. The third kappa shape index (κ3) is 3.00. The summed E-state index contributed by atoms with van der Waals surface area (Å²) in [5.41, 5.74) is 3.04. The fraction of sp³-hybridized carbons (Fsp3) is 0.444. The molecule has 182 valence electrons. The molecule has 2 unspecified atom stereocenters. The van der Waals surface area contributed by atoms with Gasteiger partial charge in [-0.3, -0.25) is 9.59 Å². The quantitative estimate of drug-likeness (QED) is 0.627. The van der Waals surface area contributed by atoms with Crippen molar-refractivity contribution >= 4 is 23.4 Å². The number of para-hydroxylation sites is 2. The van der Waals surface area contributed by atoms with E-state index in [1.165, 1.54) is 0 Å². The topological polar surface area (TPSA) is 76.5 Å². The van der Waals surface area contributed by atoms with Crippen LogP contribution in [0.25, 0.3) is 5.69 Å². The number of hydrogen-bond donors (Lipinski definition) is 1. The molecule has 1 fully saturated rings. The first-order chi connectivity index (χ1) is 16.9. The van der Waals surface area contributed by atoms with Crippen molar-refractivity contribution in [3.63, 3.8) is 0 Å². The number of fused-ring (bicyclic) bond motifs is 3. The minimum absolute atomic E-state index is 0.00437. The predicted octanol–water partition coefficient (Wildman–Crippen LogP) is 4.41. The number of alkyl halides is 1. The summed E-state index contributed by atoms with van der Waals surface area (Å²) in [7, 11) is 1.62. The first-order valence-electron chi connectivity index (χ1n) is 12.3. The van der Waals surface area contributed by atoms with Gasteiger partial charge in [0.05, 0.1) is 18.2 Å². The molecule has 2 atom stereocenters. The highest BCUT2D eigenvalue weighted by Gasteiger charge is 2.64. The predicted molar refractivity (Wildman–Crippen MR) is 133 cm³/mol. The van der Waals surface area contributed by atoms with Crippen LogP contribution in [0.2, 0.25) is 0 Å². The van der Waals surface area contributed by atoms with Crippen molar-refractivity contribution in [2.75, 3.05) is 13.7 Å². The van der Waals surface area contributed by atoms with Gasteiger partial charge in [-0.15, -0.1) is 11.6 Å². The van der Waals surface area contributed by atoms with Crippen LogP contribution in [0.5, 0.6) is 5.75 Å². The molecule has 1 aromatic heterocycles. The van der Waals surface area contributed by atoms with Crippen molar-refractivity contribution in [1.82, 2.24) is 20.0 Å². The van der Waals surface area contributed by atoms with Crippen LogP contribution in [0.1, 0.15) is 67.2 Å². The normalized spacial score (nSPS) is 25.4. The number of carbonyl (C=O) groups is 2. The Hall–Kier alpha value is -3.06. The van der Waals surface area contributed by atoms with Crippen molar-refractivity contribution < 1.29 is 14.3 Å². The van der Waals surface area contributed by atoms with E-state index in [4.69, 9.17) is 21.4 Å². The van der Waals surface area contributed by atoms with E-state index in [9.17, 15) is 9.59 Å². The minimum Gasteiger partial charge on any atom is -0.494 e. The summed E-state index contributed by atoms with van der Waals surface area (Å²) in [6.45, 7) is 4.69. The number of hydrogen-bond acceptors (Lipinski definition) is 4. The Morgan fingerprint density at radius 3 is 2.71 bits per heavy atom. The van der Waals surface area contributed by atoms with Gasteiger partial charge in [-0.05, 0) is 36.8 Å². The number of halogens is 1. The number of aromatic nitrogens is 2. The van der Waals surface area contributed by atoms with Gasteiger partial charge in [0.15, 0.2) is 11.2 Å². The van der Waals surface area contributed by atoms with Crippen LogP contribution < -0.4 is 10.1 Å².